The highest BCUT2D eigenvalue weighted by Gasteiger charge is 2.15. The highest BCUT2D eigenvalue weighted by molar-refractivity contribution is 5.98. The standard InChI is InChI=1S/C17H15FN2O5/c18-10-1-3-12(13(19)7-10)17(22)25-9-16(21)20-11-2-4-14-15(8-11)24-6-5-23-14/h1-4,7-8H,5-6,9,19H2,(H,20,21). The van der Waals surface area contributed by atoms with Gasteiger partial charge in [-0.2, -0.15) is 0 Å². The predicted octanol–water partition coefficient (Wildman–Crippen LogP) is 1.97. The molecule has 0 unspecified atom stereocenters. The largest absolute Gasteiger partial charge is 0.486 e. The summed E-state index contributed by atoms with van der Waals surface area (Å²) in [5.74, 6) is -0.784. The molecule has 0 fully saturated rings. The number of anilines is 2. The summed E-state index contributed by atoms with van der Waals surface area (Å²) >= 11 is 0. The molecule has 0 saturated heterocycles. The number of fused-ring (bicyclic) bond motifs is 1. The number of nitrogens with one attached hydrogen (secondary N) is 1. The fraction of sp³-hybridized carbons (Fsp3) is 0.176. The van der Waals surface area contributed by atoms with Gasteiger partial charge in [-0.25, -0.2) is 9.18 Å². The van der Waals surface area contributed by atoms with Gasteiger partial charge in [0, 0.05) is 17.4 Å². The fourth-order valence-electron chi connectivity index (χ4n) is 2.25. The second kappa shape index (κ2) is 7.08. The number of benzene rings is 2. The molecule has 0 bridgehead atoms. The quantitative estimate of drug-likeness (QED) is 0.649. The minimum atomic E-state index is -0.810. The number of rotatable bonds is 4. The van der Waals surface area contributed by atoms with E-state index in [-0.39, 0.29) is 11.3 Å². The first-order valence-electron chi connectivity index (χ1n) is 7.44. The van der Waals surface area contributed by atoms with E-state index < -0.39 is 24.3 Å². The van der Waals surface area contributed by atoms with Crippen molar-refractivity contribution < 1.29 is 28.2 Å². The summed E-state index contributed by atoms with van der Waals surface area (Å²) in [5.41, 5.74) is 5.96. The van der Waals surface area contributed by atoms with Crippen molar-refractivity contribution in [2.75, 3.05) is 30.9 Å². The number of hydrogen-bond acceptors (Lipinski definition) is 6. The lowest BCUT2D eigenvalue weighted by Crippen LogP contribution is -2.21. The maximum atomic E-state index is 13.0. The van der Waals surface area contributed by atoms with E-state index in [0.29, 0.717) is 30.4 Å². The van der Waals surface area contributed by atoms with Gasteiger partial charge in [-0.05, 0) is 30.3 Å². The molecule has 130 valence electrons. The van der Waals surface area contributed by atoms with Gasteiger partial charge in [0.15, 0.2) is 18.1 Å². The van der Waals surface area contributed by atoms with Crippen molar-refractivity contribution in [3.05, 3.63) is 47.8 Å². The number of carbonyl (C=O) groups excluding carboxylic acids is 2. The number of nitrogens with two attached hydrogens (primary N) is 1. The van der Waals surface area contributed by atoms with Crippen molar-refractivity contribution in [2.24, 2.45) is 0 Å². The monoisotopic (exact) mass is 346 g/mol. The molecule has 1 amide bonds. The number of amides is 1. The summed E-state index contributed by atoms with van der Waals surface area (Å²) in [4.78, 5) is 23.8. The molecule has 1 heterocycles. The molecule has 7 nitrogen and oxygen atoms in total. The van der Waals surface area contributed by atoms with Crippen LogP contribution in [-0.4, -0.2) is 31.7 Å². The number of esters is 1. The molecule has 2 aromatic carbocycles. The van der Waals surface area contributed by atoms with E-state index in [1.165, 1.54) is 6.07 Å². The molecule has 0 radical (unpaired) electrons. The zero-order valence-electron chi connectivity index (χ0n) is 13.1. The zero-order valence-corrected chi connectivity index (χ0v) is 13.1. The summed E-state index contributed by atoms with van der Waals surface area (Å²) in [7, 11) is 0. The second-order valence-electron chi connectivity index (χ2n) is 5.21. The van der Waals surface area contributed by atoms with Crippen molar-refractivity contribution in [3.8, 4) is 11.5 Å². The van der Waals surface area contributed by atoms with E-state index in [1.807, 2.05) is 0 Å². The minimum absolute atomic E-state index is 0.00599. The molecule has 0 atom stereocenters. The summed E-state index contributed by atoms with van der Waals surface area (Å²) in [5, 5.41) is 2.58. The first-order valence-corrected chi connectivity index (χ1v) is 7.44. The highest BCUT2D eigenvalue weighted by Crippen LogP contribution is 2.32. The number of carbonyl (C=O) groups is 2. The second-order valence-corrected chi connectivity index (χ2v) is 5.21. The Bertz CT molecular complexity index is 825. The molecular formula is C17H15FN2O5. The van der Waals surface area contributed by atoms with E-state index in [9.17, 15) is 14.0 Å². The van der Waals surface area contributed by atoms with Gasteiger partial charge in [-0.3, -0.25) is 4.79 Å². The van der Waals surface area contributed by atoms with Gasteiger partial charge >= 0.3 is 5.97 Å². The Balaban J connectivity index is 1.56. The Kier molecular flexibility index (Phi) is 4.69. The first-order chi connectivity index (χ1) is 12.0. The van der Waals surface area contributed by atoms with Crippen molar-refractivity contribution >= 4 is 23.3 Å². The smallest absolute Gasteiger partial charge is 0.340 e. The van der Waals surface area contributed by atoms with Gasteiger partial charge in [0.05, 0.1) is 5.56 Å². The Morgan fingerprint density at radius 1 is 1.12 bits per heavy atom. The molecule has 0 aromatic heterocycles. The van der Waals surface area contributed by atoms with E-state index in [2.05, 4.69) is 5.32 Å². The van der Waals surface area contributed by atoms with Gasteiger partial charge in [0.2, 0.25) is 0 Å². The summed E-state index contributed by atoms with van der Waals surface area (Å²) in [6.45, 7) is 0.395. The van der Waals surface area contributed by atoms with E-state index in [4.69, 9.17) is 19.9 Å². The third kappa shape index (κ3) is 3.97. The van der Waals surface area contributed by atoms with Crippen LogP contribution in [0, 0.1) is 5.82 Å². The van der Waals surface area contributed by atoms with Crippen molar-refractivity contribution in [1.29, 1.82) is 0 Å². The molecular weight excluding hydrogens is 331 g/mol. The number of nitrogen functional groups attached to an aromatic ring is 1. The van der Waals surface area contributed by atoms with Crippen LogP contribution in [0.3, 0.4) is 0 Å². The lowest BCUT2D eigenvalue weighted by Gasteiger charge is -2.19. The zero-order chi connectivity index (χ0) is 17.8. The average molecular weight is 346 g/mol. The van der Waals surface area contributed by atoms with Crippen molar-refractivity contribution in [1.82, 2.24) is 0 Å². The molecule has 1 aliphatic rings. The van der Waals surface area contributed by atoms with Crippen LogP contribution in [0.5, 0.6) is 11.5 Å². The van der Waals surface area contributed by atoms with Crippen LogP contribution in [-0.2, 0) is 9.53 Å². The summed E-state index contributed by atoms with van der Waals surface area (Å²) < 4.78 is 28.7. The maximum Gasteiger partial charge on any atom is 0.340 e. The maximum absolute atomic E-state index is 13.0. The Hall–Kier alpha value is -3.29. The summed E-state index contributed by atoms with van der Waals surface area (Å²) in [6.07, 6.45) is 0. The molecule has 2 aromatic rings. The lowest BCUT2D eigenvalue weighted by molar-refractivity contribution is -0.119. The van der Waals surface area contributed by atoms with Crippen LogP contribution in [0.15, 0.2) is 36.4 Å². The Morgan fingerprint density at radius 2 is 1.88 bits per heavy atom. The number of hydrogen-bond donors (Lipinski definition) is 2. The van der Waals surface area contributed by atoms with Crippen LogP contribution in [0.2, 0.25) is 0 Å². The highest BCUT2D eigenvalue weighted by atomic mass is 19.1. The lowest BCUT2D eigenvalue weighted by atomic mass is 10.2. The normalized spacial score (nSPS) is 12.4. The molecule has 1 aliphatic heterocycles. The molecule has 3 N–H and O–H groups in total. The van der Waals surface area contributed by atoms with Crippen molar-refractivity contribution in [2.45, 2.75) is 0 Å². The molecule has 0 aliphatic carbocycles. The van der Waals surface area contributed by atoms with Crippen LogP contribution in [0.1, 0.15) is 10.4 Å². The van der Waals surface area contributed by atoms with Crippen LogP contribution in [0.4, 0.5) is 15.8 Å². The minimum Gasteiger partial charge on any atom is -0.486 e. The van der Waals surface area contributed by atoms with Gasteiger partial charge in [0.1, 0.15) is 19.0 Å². The SMILES string of the molecule is Nc1cc(F)ccc1C(=O)OCC(=O)Nc1ccc2c(c1)OCCO2. The first kappa shape index (κ1) is 16.6. The van der Waals surface area contributed by atoms with Crippen LogP contribution < -0.4 is 20.5 Å². The van der Waals surface area contributed by atoms with Gasteiger partial charge in [-0.15, -0.1) is 0 Å². The van der Waals surface area contributed by atoms with Gasteiger partial charge < -0.3 is 25.3 Å². The molecule has 0 spiro atoms. The third-order valence-electron chi connectivity index (χ3n) is 3.39. The fourth-order valence-corrected chi connectivity index (χ4v) is 2.25. The Morgan fingerprint density at radius 3 is 2.64 bits per heavy atom. The van der Waals surface area contributed by atoms with E-state index in [0.717, 1.165) is 12.1 Å². The molecule has 0 saturated carbocycles. The molecule has 8 heteroatoms. The summed E-state index contributed by atoms with van der Waals surface area (Å²) in [6, 6.07) is 8.23. The molecule has 25 heavy (non-hydrogen) atoms. The van der Waals surface area contributed by atoms with Gasteiger partial charge in [0.25, 0.3) is 5.91 Å². The average Bonchev–Trinajstić information content (AvgIpc) is 2.59. The Labute approximate surface area is 142 Å². The van der Waals surface area contributed by atoms with E-state index >= 15 is 0 Å². The number of ether oxygens (including phenoxy) is 3. The van der Waals surface area contributed by atoms with E-state index in [1.54, 1.807) is 18.2 Å². The topological polar surface area (TPSA) is 99.9 Å². The third-order valence-corrected chi connectivity index (χ3v) is 3.39. The van der Waals surface area contributed by atoms with Gasteiger partial charge in [-0.1, -0.05) is 0 Å². The van der Waals surface area contributed by atoms with Crippen LogP contribution in [0.25, 0.3) is 0 Å². The molecule has 3 rings (SSSR count). The van der Waals surface area contributed by atoms with Crippen molar-refractivity contribution in [3.63, 3.8) is 0 Å². The predicted molar refractivity (Wildman–Crippen MR) is 87.2 cm³/mol. The van der Waals surface area contributed by atoms with Crippen LogP contribution >= 0.6 is 0 Å². The number of halogens is 1.